The molecule has 0 aliphatic heterocycles. The van der Waals surface area contributed by atoms with Crippen LogP contribution in [0.2, 0.25) is 0 Å². The molecule has 0 saturated carbocycles. The molecule has 0 spiro atoms. The summed E-state index contributed by atoms with van der Waals surface area (Å²) in [6, 6.07) is 12.3. The van der Waals surface area contributed by atoms with Crippen LogP contribution < -0.4 is 4.74 Å². The molecule has 0 N–H and O–H groups in total. The zero-order chi connectivity index (χ0) is 24.7. The molecule has 0 amide bonds. The van der Waals surface area contributed by atoms with Gasteiger partial charge in [-0.15, -0.1) is 0 Å². The van der Waals surface area contributed by atoms with Crippen molar-refractivity contribution in [3.63, 3.8) is 0 Å². The largest absolute Gasteiger partial charge is 0.494 e. The van der Waals surface area contributed by atoms with E-state index in [-0.39, 0.29) is 11.6 Å². The minimum atomic E-state index is -0.0944. The molecule has 1 aliphatic rings. The van der Waals surface area contributed by atoms with E-state index in [0.29, 0.717) is 34.6 Å². The molecule has 3 heteroatoms. The van der Waals surface area contributed by atoms with Crippen LogP contribution in [-0.2, 0) is 0 Å². The van der Waals surface area contributed by atoms with Crippen molar-refractivity contribution in [3.8, 4) is 5.75 Å². The predicted octanol–water partition coefficient (Wildman–Crippen LogP) is 9.10. The summed E-state index contributed by atoms with van der Waals surface area (Å²) >= 11 is 0. The Morgan fingerprint density at radius 2 is 0.943 bits per heavy atom. The molecule has 3 nitrogen and oxygen atoms in total. The van der Waals surface area contributed by atoms with Gasteiger partial charge in [0.15, 0.2) is 11.6 Å². The second-order valence-corrected chi connectivity index (χ2v) is 10.1. The van der Waals surface area contributed by atoms with E-state index in [4.69, 9.17) is 4.74 Å². The van der Waals surface area contributed by atoms with Gasteiger partial charge in [0, 0.05) is 22.3 Å². The Morgan fingerprint density at radius 3 is 1.46 bits per heavy atom. The van der Waals surface area contributed by atoms with E-state index in [1.54, 1.807) is 36.4 Å². The highest BCUT2D eigenvalue weighted by atomic mass is 16.5. The molecular formula is C32H44O3. The van der Waals surface area contributed by atoms with Crippen LogP contribution in [0.3, 0.4) is 0 Å². The number of hydrogen-bond acceptors (Lipinski definition) is 3. The van der Waals surface area contributed by atoms with Crippen molar-refractivity contribution in [1.29, 1.82) is 0 Å². The van der Waals surface area contributed by atoms with Gasteiger partial charge in [0.2, 0.25) is 0 Å². The normalized spacial score (nSPS) is 12.5. The fraction of sp³-hybridized carbons (Fsp3) is 0.562. The quantitative estimate of drug-likeness (QED) is 0.172. The number of ketones is 2. The first-order chi connectivity index (χ1) is 17.2. The Balaban J connectivity index is 1.20. The van der Waals surface area contributed by atoms with E-state index in [2.05, 4.69) is 6.92 Å². The van der Waals surface area contributed by atoms with Crippen molar-refractivity contribution in [2.45, 2.75) is 110 Å². The first-order valence-corrected chi connectivity index (χ1v) is 14.2. The van der Waals surface area contributed by atoms with Crippen LogP contribution in [0.25, 0.3) is 0 Å². The summed E-state index contributed by atoms with van der Waals surface area (Å²) in [4.78, 5) is 25.5. The molecule has 0 bridgehead atoms. The van der Waals surface area contributed by atoms with Gasteiger partial charge in [0.1, 0.15) is 5.75 Å². The molecule has 0 fully saturated rings. The number of carbonyl (C=O) groups excluding carboxylic acids is 2. The third-order valence-corrected chi connectivity index (χ3v) is 7.16. The van der Waals surface area contributed by atoms with E-state index >= 15 is 0 Å². The first kappa shape index (κ1) is 27.2. The molecule has 0 unspecified atom stereocenters. The third kappa shape index (κ3) is 8.63. The van der Waals surface area contributed by atoms with Gasteiger partial charge in [-0.1, -0.05) is 128 Å². The van der Waals surface area contributed by atoms with Gasteiger partial charge in [0.05, 0.1) is 6.61 Å². The average molecular weight is 477 g/mol. The van der Waals surface area contributed by atoms with Gasteiger partial charge < -0.3 is 4.74 Å². The summed E-state index contributed by atoms with van der Waals surface area (Å²) in [6.45, 7) is 2.93. The van der Waals surface area contributed by atoms with Crippen LogP contribution >= 0.6 is 0 Å². The van der Waals surface area contributed by atoms with Gasteiger partial charge in [-0.25, -0.2) is 0 Å². The maximum atomic E-state index is 12.8. The molecule has 0 aromatic heterocycles. The van der Waals surface area contributed by atoms with E-state index in [0.717, 1.165) is 6.42 Å². The topological polar surface area (TPSA) is 43.4 Å². The molecule has 2 aromatic carbocycles. The highest BCUT2D eigenvalue weighted by molar-refractivity contribution is 6.28. The lowest BCUT2D eigenvalue weighted by Gasteiger charge is -2.18. The highest BCUT2D eigenvalue weighted by Gasteiger charge is 2.29. The van der Waals surface area contributed by atoms with Crippen molar-refractivity contribution in [2.24, 2.45) is 0 Å². The standard InChI is InChI=1S/C32H44O3/c1-2-3-4-5-6-7-8-9-10-11-12-13-14-15-16-19-24-35-26-22-23-29-30(25-26)32(34)28-21-18-17-20-27(28)31(29)33/h17-18,20-23,25H,2-16,19,24H2,1H3. The average Bonchev–Trinajstić information content (AvgIpc) is 2.89. The molecule has 1 aliphatic carbocycles. The molecule has 2 aromatic rings. The summed E-state index contributed by atoms with van der Waals surface area (Å²) < 4.78 is 5.90. The van der Waals surface area contributed by atoms with Crippen LogP contribution in [0.15, 0.2) is 42.5 Å². The maximum absolute atomic E-state index is 12.8. The summed E-state index contributed by atoms with van der Waals surface area (Å²) in [6.07, 6.45) is 21.6. The van der Waals surface area contributed by atoms with Crippen molar-refractivity contribution in [3.05, 3.63) is 64.7 Å². The molecule has 0 saturated heterocycles. The predicted molar refractivity (Wildman–Crippen MR) is 145 cm³/mol. The summed E-state index contributed by atoms with van der Waals surface area (Å²) in [5.41, 5.74) is 1.91. The molecule has 0 atom stereocenters. The minimum Gasteiger partial charge on any atom is -0.494 e. The van der Waals surface area contributed by atoms with Crippen molar-refractivity contribution in [1.82, 2.24) is 0 Å². The number of carbonyl (C=O) groups is 2. The number of benzene rings is 2. The Kier molecular flexibility index (Phi) is 12.1. The van der Waals surface area contributed by atoms with Gasteiger partial charge in [0.25, 0.3) is 0 Å². The van der Waals surface area contributed by atoms with Gasteiger partial charge in [-0.3, -0.25) is 9.59 Å². The fourth-order valence-corrected chi connectivity index (χ4v) is 5.01. The molecular weight excluding hydrogens is 432 g/mol. The minimum absolute atomic E-state index is 0.0837. The number of fused-ring (bicyclic) bond motifs is 2. The van der Waals surface area contributed by atoms with Crippen LogP contribution in [0, 0.1) is 0 Å². The number of unbranched alkanes of at least 4 members (excludes halogenated alkanes) is 15. The molecule has 35 heavy (non-hydrogen) atoms. The third-order valence-electron chi connectivity index (χ3n) is 7.16. The van der Waals surface area contributed by atoms with Crippen LogP contribution in [0.4, 0.5) is 0 Å². The van der Waals surface area contributed by atoms with Gasteiger partial charge in [-0.2, -0.15) is 0 Å². The first-order valence-electron chi connectivity index (χ1n) is 14.2. The lowest BCUT2D eigenvalue weighted by Crippen LogP contribution is -2.20. The highest BCUT2D eigenvalue weighted by Crippen LogP contribution is 2.29. The summed E-state index contributed by atoms with van der Waals surface area (Å²) in [5.74, 6) is 0.493. The van der Waals surface area contributed by atoms with E-state index in [1.807, 2.05) is 6.07 Å². The fourth-order valence-electron chi connectivity index (χ4n) is 5.01. The number of rotatable bonds is 18. The van der Waals surface area contributed by atoms with Crippen LogP contribution in [-0.4, -0.2) is 18.2 Å². The van der Waals surface area contributed by atoms with E-state index in [9.17, 15) is 9.59 Å². The lowest BCUT2D eigenvalue weighted by atomic mass is 9.84. The Labute approximate surface area is 212 Å². The Bertz CT molecular complexity index is 930. The second kappa shape index (κ2) is 15.5. The lowest BCUT2D eigenvalue weighted by molar-refractivity contribution is 0.0978. The number of hydrogen-bond donors (Lipinski definition) is 0. The zero-order valence-corrected chi connectivity index (χ0v) is 21.8. The number of ether oxygens (including phenoxy) is 1. The van der Waals surface area contributed by atoms with Crippen LogP contribution in [0.5, 0.6) is 5.75 Å². The Morgan fingerprint density at radius 1 is 0.514 bits per heavy atom. The van der Waals surface area contributed by atoms with Crippen molar-refractivity contribution in [2.75, 3.05) is 6.61 Å². The van der Waals surface area contributed by atoms with Crippen molar-refractivity contribution >= 4 is 11.6 Å². The second-order valence-electron chi connectivity index (χ2n) is 10.1. The molecule has 3 rings (SSSR count). The van der Waals surface area contributed by atoms with Gasteiger partial charge >= 0.3 is 0 Å². The molecule has 0 radical (unpaired) electrons. The van der Waals surface area contributed by atoms with E-state index < -0.39 is 0 Å². The van der Waals surface area contributed by atoms with Gasteiger partial charge in [-0.05, 0) is 24.6 Å². The van der Waals surface area contributed by atoms with Crippen LogP contribution in [0.1, 0.15) is 141 Å². The van der Waals surface area contributed by atoms with E-state index in [1.165, 1.54) is 96.3 Å². The molecule has 0 heterocycles. The zero-order valence-electron chi connectivity index (χ0n) is 21.8. The Hall–Kier alpha value is -2.42. The summed E-state index contributed by atoms with van der Waals surface area (Å²) in [7, 11) is 0. The monoisotopic (exact) mass is 476 g/mol. The summed E-state index contributed by atoms with van der Waals surface area (Å²) in [5, 5.41) is 0. The molecule has 190 valence electrons. The smallest absolute Gasteiger partial charge is 0.194 e. The van der Waals surface area contributed by atoms with Crippen molar-refractivity contribution < 1.29 is 14.3 Å². The SMILES string of the molecule is CCCCCCCCCCCCCCCCCCOc1ccc2c(c1)C(=O)c1ccccc1C2=O. The maximum Gasteiger partial charge on any atom is 0.194 e.